The van der Waals surface area contributed by atoms with E-state index < -0.39 is 77.4 Å². The molecule has 0 radical (unpaired) electrons. The Morgan fingerprint density at radius 2 is 1.56 bits per heavy atom. The van der Waals surface area contributed by atoms with Crippen LogP contribution in [0.25, 0.3) is 0 Å². The molecule has 3 rings (SSSR count). The minimum absolute atomic E-state index is 0.275. The lowest BCUT2D eigenvalue weighted by Gasteiger charge is -2.40. The number of Topliss-reactive ketones (excluding diaryl/α,β-unsaturated/α-hetero) is 1. The lowest BCUT2D eigenvalue weighted by Crippen LogP contribution is -2.55. The van der Waals surface area contributed by atoms with Crippen LogP contribution in [0.15, 0.2) is 30.3 Å². The molecule has 32 heavy (non-hydrogen) atoms. The molecule has 11 nitrogen and oxygen atoms in total. The summed E-state index contributed by atoms with van der Waals surface area (Å²) in [4.78, 5) is 12.8. The van der Waals surface area contributed by atoms with Crippen LogP contribution in [-0.4, -0.2) is 88.9 Å². The fraction of sp³-hybridized carbons (Fsp3) is 0.381. The molecule has 1 aliphatic heterocycles. The molecule has 0 bridgehead atoms. The number of aliphatic hydroxyl groups is 5. The second kappa shape index (κ2) is 9.28. The Labute approximate surface area is 181 Å². The number of benzene rings is 2. The average molecular weight is 452 g/mol. The topological polar surface area (TPSA) is 208 Å². The Bertz CT molecular complexity index is 990. The van der Waals surface area contributed by atoms with Crippen molar-refractivity contribution in [3.05, 3.63) is 47.0 Å². The largest absolute Gasteiger partial charge is 0.507 e. The van der Waals surface area contributed by atoms with Gasteiger partial charge in [0.05, 0.1) is 17.7 Å². The zero-order valence-electron chi connectivity index (χ0n) is 16.6. The van der Waals surface area contributed by atoms with Gasteiger partial charge in [0.15, 0.2) is 17.3 Å². The first-order valence-corrected chi connectivity index (χ1v) is 9.65. The fourth-order valence-electron chi connectivity index (χ4n) is 3.61. The Morgan fingerprint density at radius 1 is 0.906 bits per heavy atom. The highest BCUT2D eigenvalue weighted by Crippen LogP contribution is 2.43. The molecule has 6 atom stereocenters. The van der Waals surface area contributed by atoms with Gasteiger partial charge in [-0.05, 0) is 29.8 Å². The van der Waals surface area contributed by atoms with Crippen LogP contribution < -0.4 is 0 Å². The molecule has 6 unspecified atom stereocenters. The van der Waals surface area contributed by atoms with Gasteiger partial charge in [-0.2, -0.15) is 0 Å². The maximum atomic E-state index is 12.8. The number of hydrogen-bond acceptors (Lipinski definition) is 11. The van der Waals surface area contributed by atoms with E-state index in [1.165, 1.54) is 12.1 Å². The summed E-state index contributed by atoms with van der Waals surface area (Å²) in [5.74, 6) is -3.20. The summed E-state index contributed by atoms with van der Waals surface area (Å²) in [6.07, 6.45) is -10.1. The van der Waals surface area contributed by atoms with Crippen molar-refractivity contribution in [1.29, 1.82) is 0 Å². The van der Waals surface area contributed by atoms with Crippen LogP contribution in [0.2, 0.25) is 0 Å². The molecular weight excluding hydrogens is 428 g/mol. The molecule has 0 aromatic heterocycles. The maximum absolute atomic E-state index is 12.8. The number of aromatic hydroxyl groups is 4. The zero-order chi connectivity index (χ0) is 23.7. The van der Waals surface area contributed by atoms with E-state index in [4.69, 9.17) is 4.74 Å². The molecule has 1 saturated heterocycles. The Kier molecular flexibility index (Phi) is 6.88. The van der Waals surface area contributed by atoms with Crippen molar-refractivity contribution in [2.45, 2.75) is 43.0 Å². The van der Waals surface area contributed by atoms with Crippen LogP contribution in [0.3, 0.4) is 0 Å². The summed E-state index contributed by atoms with van der Waals surface area (Å²) in [7, 11) is 0. The van der Waals surface area contributed by atoms with Crippen LogP contribution >= 0.6 is 0 Å². The third kappa shape index (κ3) is 4.35. The molecule has 9 N–H and O–H groups in total. The highest BCUT2D eigenvalue weighted by atomic mass is 16.5. The number of carbonyl (C=O) groups excluding carboxylic acids is 1. The van der Waals surface area contributed by atoms with Gasteiger partial charge < -0.3 is 50.7 Å². The highest BCUT2D eigenvalue weighted by molar-refractivity contribution is 6.02. The minimum atomic E-state index is -1.82. The molecule has 2 aromatic rings. The lowest BCUT2D eigenvalue weighted by molar-refractivity contribution is -0.232. The first kappa shape index (κ1) is 23.7. The number of rotatable bonds is 6. The molecule has 1 aliphatic rings. The first-order valence-electron chi connectivity index (χ1n) is 9.65. The van der Waals surface area contributed by atoms with Crippen molar-refractivity contribution in [3.8, 4) is 23.0 Å². The van der Waals surface area contributed by atoms with E-state index >= 15 is 0 Å². The van der Waals surface area contributed by atoms with Crippen molar-refractivity contribution in [2.75, 3.05) is 6.61 Å². The minimum Gasteiger partial charge on any atom is -0.507 e. The van der Waals surface area contributed by atoms with Crippen molar-refractivity contribution in [3.63, 3.8) is 0 Å². The second-order valence-electron chi connectivity index (χ2n) is 7.55. The van der Waals surface area contributed by atoms with Gasteiger partial charge in [0.1, 0.15) is 48.1 Å². The van der Waals surface area contributed by atoms with Gasteiger partial charge in [-0.3, -0.25) is 4.79 Å². The Morgan fingerprint density at radius 3 is 2.19 bits per heavy atom. The number of aliphatic hydroxyl groups excluding tert-OH is 5. The van der Waals surface area contributed by atoms with Gasteiger partial charge in [0.2, 0.25) is 0 Å². The smallest absolute Gasteiger partial charge is 0.195 e. The second-order valence-corrected chi connectivity index (χ2v) is 7.55. The number of hydrogen-bond donors (Lipinski definition) is 9. The van der Waals surface area contributed by atoms with E-state index in [0.29, 0.717) is 5.56 Å². The van der Waals surface area contributed by atoms with Crippen LogP contribution in [0.5, 0.6) is 23.0 Å². The summed E-state index contributed by atoms with van der Waals surface area (Å²) >= 11 is 0. The van der Waals surface area contributed by atoms with E-state index in [9.17, 15) is 50.8 Å². The SMILES string of the molecule is O=C(c1ccc(O)c(C2OC(CO)C(O)C(O)C2O)c1O)C(O)Cc1ccc(O)c(O)c1. The number of ether oxygens (including phenoxy) is 1. The van der Waals surface area contributed by atoms with Crippen molar-refractivity contribution in [1.82, 2.24) is 0 Å². The van der Waals surface area contributed by atoms with Gasteiger partial charge in [-0.25, -0.2) is 0 Å². The normalized spacial score (nSPS) is 26.6. The van der Waals surface area contributed by atoms with E-state index in [1.54, 1.807) is 0 Å². The lowest BCUT2D eigenvalue weighted by atomic mass is 9.88. The summed E-state index contributed by atoms with van der Waals surface area (Å²) in [6.45, 7) is -0.736. The molecular formula is C21H24O11. The summed E-state index contributed by atoms with van der Waals surface area (Å²) in [5, 5.41) is 89.6. The Balaban J connectivity index is 1.91. The third-order valence-corrected chi connectivity index (χ3v) is 5.41. The summed E-state index contributed by atoms with van der Waals surface area (Å²) < 4.78 is 5.34. The van der Waals surface area contributed by atoms with Gasteiger partial charge in [0, 0.05) is 6.42 Å². The standard InChI is InChI=1S/C21H24O11/c22-7-14-18(29)19(30)20(31)21(32-14)15-11(24)4-2-9(17(15)28)16(27)13(26)6-8-1-3-10(23)12(25)5-8/h1-5,13-14,18-26,28-31H,6-7H2. The number of phenols is 4. The average Bonchev–Trinajstić information content (AvgIpc) is 2.75. The van der Waals surface area contributed by atoms with Gasteiger partial charge in [0.25, 0.3) is 0 Å². The zero-order valence-corrected chi connectivity index (χ0v) is 16.6. The molecule has 1 fully saturated rings. The highest BCUT2D eigenvalue weighted by Gasteiger charge is 2.46. The van der Waals surface area contributed by atoms with Crippen molar-refractivity contribution >= 4 is 5.78 Å². The third-order valence-electron chi connectivity index (χ3n) is 5.41. The van der Waals surface area contributed by atoms with Gasteiger partial charge >= 0.3 is 0 Å². The van der Waals surface area contributed by atoms with E-state index in [1.807, 2.05) is 0 Å². The quantitative estimate of drug-likeness (QED) is 0.188. The molecule has 2 aromatic carbocycles. The van der Waals surface area contributed by atoms with E-state index in [0.717, 1.165) is 18.2 Å². The molecule has 174 valence electrons. The molecule has 1 heterocycles. The predicted octanol–water partition coefficient (Wildman–Crippen LogP) is -1.19. The van der Waals surface area contributed by atoms with Gasteiger partial charge in [-0.1, -0.05) is 6.07 Å². The van der Waals surface area contributed by atoms with Crippen LogP contribution in [0.1, 0.15) is 27.6 Å². The number of phenolic OH excluding ortho intramolecular Hbond substituents is 4. The summed E-state index contributed by atoms with van der Waals surface area (Å²) in [6, 6.07) is 5.77. The predicted molar refractivity (Wildman–Crippen MR) is 106 cm³/mol. The van der Waals surface area contributed by atoms with Gasteiger partial charge in [-0.15, -0.1) is 0 Å². The van der Waals surface area contributed by atoms with Crippen molar-refractivity contribution in [2.24, 2.45) is 0 Å². The first-order chi connectivity index (χ1) is 15.1. The number of ketones is 1. The van der Waals surface area contributed by atoms with Crippen LogP contribution in [-0.2, 0) is 11.2 Å². The van der Waals surface area contributed by atoms with E-state index in [-0.39, 0.29) is 12.2 Å². The maximum Gasteiger partial charge on any atom is 0.195 e. The molecule has 0 spiro atoms. The van der Waals surface area contributed by atoms with E-state index in [2.05, 4.69) is 0 Å². The van der Waals surface area contributed by atoms with Crippen LogP contribution in [0.4, 0.5) is 0 Å². The molecule has 11 heteroatoms. The van der Waals surface area contributed by atoms with Crippen LogP contribution in [0, 0.1) is 0 Å². The fourth-order valence-corrected chi connectivity index (χ4v) is 3.61. The molecule has 0 aliphatic carbocycles. The number of carbonyl (C=O) groups is 1. The monoisotopic (exact) mass is 452 g/mol. The Hall–Kier alpha value is -2.93. The summed E-state index contributed by atoms with van der Waals surface area (Å²) in [5.41, 5.74) is -0.582. The van der Waals surface area contributed by atoms with Crippen molar-refractivity contribution < 1.29 is 55.5 Å². The molecule has 0 amide bonds. The molecule has 0 saturated carbocycles.